The van der Waals surface area contributed by atoms with Gasteiger partial charge in [0.1, 0.15) is 17.5 Å². The summed E-state index contributed by atoms with van der Waals surface area (Å²) < 4.78 is 5.12. The maximum atomic E-state index is 13.2. The van der Waals surface area contributed by atoms with Crippen LogP contribution in [0.2, 0.25) is 0 Å². The topological polar surface area (TPSA) is 146 Å². The van der Waals surface area contributed by atoms with E-state index in [0.717, 1.165) is 5.39 Å². The van der Waals surface area contributed by atoms with Gasteiger partial charge in [0, 0.05) is 10.9 Å². The Morgan fingerprint density at radius 1 is 0.732 bits per heavy atom. The van der Waals surface area contributed by atoms with Gasteiger partial charge >= 0.3 is 0 Å². The van der Waals surface area contributed by atoms with E-state index >= 15 is 0 Å². The fourth-order valence-corrected chi connectivity index (χ4v) is 4.18. The molecule has 4 rings (SSSR count). The highest BCUT2D eigenvalue weighted by Gasteiger charge is 2.27. The molecule has 0 spiro atoms. The number of fused-ring (bicyclic) bond motifs is 1. The van der Waals surface area contributed by atoms with E-state index in [1.807, 2.05) is 6.07 Å². The van der Waals surface area contributed by atoms with Gasteiger partial charge in [-0.3, -0.25) is 30.0 Å². The maximum Gasteiger partial charge on any atom is 0.273 e. The van der Waals surface area contributed by atoms with Gasteiger partial charge in [0.15, 0.2) is 0 Å². The van der Waals surface area contributed by atoms with Crippen molar-refractivity contribution in [2.75, 3.05) is 12.4 Å². The predicted octanol–water partition coefficient (Wildman–Crippen LogP) is 4.02. The van der Waals surface area contributed by atoms with Crippen molar-refractivity contribution < 1.29 is 29.0 Å². The van der Waals surface area contributed by atoms with Crippen molar-refractivity contribution in [3.05, 3.63) is 102 Å². The Hall–Kier alpha value is -5.38. The quantitative estimate of drug-likeness (QED) is 0.208. The van der Waals surface area contributed by atoms with Crippen molar-refractivity contribution in [2.45, 2.75) is 19.9 Å². The molecule has 0 aromatic heterocycles. The van der Waals surface area contributed by atoms with E-state index in [9.17, 15) is 24.3 Å². The van der Waals surface area contributed by atoms with Crippen LogP contribution in [-0.2, 0) is 4.79 Å². The highest BCUT2D eigenvalue weighted by atomic mass is 16.5. The van der Waals surface area contributed by atoms with Gasteiger partial charge in [-0.15, -0.1) is 0 Å². The van der Waals surface area contributed by atoms with Crippen molar-refractivity contribution in [1.29, 1.82) is 0 Å². The first-order valence-corrected chi connectivity index (χ1v) is 12.9. The number of carbonyl (C=O) groups is 4. The van der Waals surface area contributed by atoms with E-state index in [4.69, 9.17) is 4.74 Å². The molecule has 4 aromatic rings. The molecule has 10 heteroatoms. The van der Waals surface area contributed by atoms with Gasteiger partial charge in [0.25, 0.3) is 23.6 Å². The van der Waals surface area contributed by atoms with Gasteiger partial charge in [-0.05, 0) is 53.8 Å². The summed E-state index contributed by atoms with van der Waals surface area (Å²) in [5.74, 6) is -2.37. The number of benzene rings is 4. The molecule has 41 heavy (non-hydrogen) atoms. The first kappa shape index (κ1) is 28.6. The van der Waals surface area contributed by atoms with Crippen molar-refractivity contribution in [1.82, 2.24) is 16.2 Å². The number of methoxy groups -OCH3 is 1. The first-order valence-electron chi connectivity index (χ1n) is 12.9. The number of anilines is 1. The predicted molar refractivity (Wildman–Crippen MR) is 155 cm³/mol. The highest BCUT2D eigenvalue weighted by Crippen LogP contribution is 2.28. The van der Waals surface area contributed by atoms with Crippen LogP contribution in [0.3, 0.4) is 0 Å². The number of nitrogens with one attached hydrogen (secondary N) is 4. The normalized spacial score (nSPS) is 11.4. The van der Waals surface area contributed by atoms with E-state index in [1.54, 1.807) is 80.6 Å². The van der Waals surface area contributed by atoms with Crippen LogP contribution in [0.25, 0.3) is 10.8 Å². The SMILES string of the molecule is COc1ccc(C(=O)Nc2ccccc2C(=O)NC(C(=O)NNC(=O)c2ccc3ccccc3c2O)C(C)C)cc1. The number of phenols is 1. The number of hydrogen-bond donors (Lipinski definition) is 5. The van der Waals surface area contributed by atoms with E-state index < -0.39 is 29.7 Å². The average molecular weight is 555 g/mol. The van der Waals surface area contributed by atoms with E-state index in [-0.39, 0.29) is 28.5 Å². The van der Waals surface area contributed by atoms with Crippen LogP contribution >= 0.6 is 0 Å². The number of hydrogen-bond acceptors (Lipinski definition) is 6. The minimum absolute atomic E-state index is 0.0179. The number of carbonyl (C=O) groups excluding carboxylic acids is 4. The molecule has 0 aliphatic heterocycles. The van der Waals surface area contributed by atoms with Gasteiger partial charge in [0.2, 0.25) is 0 Å². The smallest absolute Gasteiger partial charge is 0.273 e. The molecular weight excluding hydrogens is 524 g/mol. The fraction of sp³-hybridized carbons (Fsp3) is 0.161. The highest BCUT2D eigenvalue weighted by molar-refractivity contribution is 6.10. The van der Waals surface area contributed by atoms with Crippen LogP contribution in [-0.4, -0.2) is 41.9 Å². The Morgan fingerprint density at radius 2 is 1.41 bits per heavy atom. The largest absolute Gasteiger partial charge is 0.506 e. The molecule has 0 saturated carbocycles. The lowest BCUT2D eigenvalue weighted by atomic mass is 10.0. The van der Waals surface area contributed by atoms with Gasteiger partial charge < -0.3 is 20.5 Å². The number of hydrazine groups is 1. The Labute approximate surface area is 236 Å². The average Bonchev–Trinajstić information content (AvgIpc) is 2.98. The van der Waals surface area contributed by atoms with Crippen LogP contribution in [0, 0.1) is 5.92 Å². The van der Waals surface area contributed by atoms with Crippen LogP contribution < -0.4 is 26.2 Å². The molecule has 0 fully saturated rings. The summed E-state index contributed by atoms with van der Waals surface area (Å²) in [6.07, 6.45) is 0. The second-order valence-electron chi connectivity index (χ2n) is 9.55. The summed E-state index contributed by atoms with van der Waals surface area (Å²) in [7, 11) is 1.53. The van der Waals surface area contributed by atoms with Crippen LogP contribution in [0.15, 0.2) is 84.9 Å². The molecule has 0 heterocycles. The molecule has 0 radical (unpaired) electrons. The zero-order valence-corrected chi connectivity index (χ0v) is 22.7. The third-order valence-electron chi connectivity index (χ3n) is 6.45. The Kier molecular flexibility index (Phi) is 8.83. The molecule has 4 amide bonds. The zero-order chi connectivity index (χ0) is 29.5. The van der Waals surface area contributed by atoms with E-state index in [0.29, 0.717) is 16.7 Å². The molecule has 1 atom stereocenters. The number of aromatic hydroxyl groups is 1. The molecule has 0 aliphatic carbocycles. The van der Waals surface area contributed by atoms with Gasteiger partial charge in [-0.2, -0.15) is 0 Å². The first-order chi connectivity index (χ1) is 19.7. The summed E-state index contributed by atoms with van der Waals surface area (Å²) in [5.41, 5.74) is 5.39. The second-order valence-corrected chi connectivity index (χ2v) is 9.55. The van der Waals surface area contributed by atoms with Crippen molar-refractivity contribution >= 4 is 40.1 Å². The summed E-state index contributed by atoms with van der Waals surface area (Å²) in [5, 5.41) is 17.2. The third-order valence-corrected chi connectivity index (χ3v) is 6.45. The summed E-state index contributed by atoms with van der Waals surface area (Å²) in [6.45, 7) is 3.47. The van der Waals surface area contributed by atoms with Crippen molar-refractivity contribution in [2.24, 2.45) is 5.92 Å². The number of phenolic OH excluding ortho intramolecular Hbond substituents is 1. The van der Waals surface area contributed by atoms with Crippen LogP contribution in [0.4, 0.5) is 5.69 Å². The molecule has 210 valence electrons. The maximum absolute atomic E-state index is 13.2. The van der Waals surface area contributed by atoms with Crippen LogP contribution in [0.1, 0.15) is 44.9 Å². The molecule has 0 saturated heterocycles. The lowest BCUT2D eigenvalue weighted by molar-refractivity contribution is -0.124. The number of ether oxygens (including phenoxy) is 1. The van der Waals surface area contributed by atoms with Crippen LogP contribution in [0.5, 0.6) is 11.5 Å². The summed E-state index contributed by atoms with van der Waals surface area (Å²) in [6, 6.07) is 22.1. The Balaban J connectivity index is 1.43. The number of rotatable bonds is 8. The minimum Gasteiger partial charge on any atom is -0.506 e. The molecule has 1 unspecified atom stereocenters. The molecule has 4 aromatic carbocycles. The molecule has 10 nitrogen and oxygen atoms in total. The van der Waals surface area contributed by atoms with Gasteiger partial charge in [0.05, 0.1) is 23.9 Å². The van der Waals surface area contributed by atoms with Crippen molar-refractivity contribution in [3.63, 3.8) is 0 Å². The lowest BCUT2D eigenvalue weighted by Crippen LogP contribution is -2.54. The third kappa shape index (κ3) is 6.62. The second kappa shape index (κ2) is 12.6. The number of para-hydroxylation sites is 1. The van der Waals surface area contributed by atoms with Gasteiger partial charge in [-0.1, -0.05) is 56.3 Å². The molecule has 0 aliphatic rings. The molecule has 0 bridgehead atoms. The molecule has 5 N–H and O–H groups in total. The molecular formula is C31H30N4O6. The minimum atomic E-state index is -1.03. The number of amides is 4. The Morgan fingerprint density at radius 3 is 2.12 bits per heavy atom. The zero-order valence-electron chi connectivity index (χ0n) is 22.7. The van der Waals surface area contributed by atoms with E-state index in [2.05, 4.69) is 21.5 Å². The standard InChI is InChI=1S/C31H30N4O6/c1-18(2)26(31(40)35-34-30(39)24-17-14-19-8-4-5-9-22(19)27(24)36)33-29(38)23-10-6-7-11-25(23)32-28(37)20-12-15-21(41-3)16-13-20/h4-18,26,36H,1-3H3,(H,32,37)(H,33,38)(H,34,39)(H,35,40). The Bertz CT molecular complexity index is 1600. The van der Waals surface area contributed by atoms with Gasteiger partial charge in [-0.25, -0.2) is 0 Å². The van der Waals surface area contributed by atoms with E-state index in [1.165, 1.54) is 19.2 Å². The monoisotopic (exact) mass is 554 g/mol. The fourth-order valence-electron chi connectivity index (χ4n) is 4.18. The lowest BCUT2D eigenvalue weighted by Gasteiger charge is -2.22. The summed E-state index contributed by atoms with van der Waals surface area (Å²) in [4.78, 5) is 51.8. The summed E-state index contributed by atoms with van der Waals surface area (Å²) >= 11 is 0. The van der Waals surface area contributed by atoms with Crippen molar-refractivity contribution in [3.8, 4) is 11.5 Å².